The molecule has 90 valence electrons. The third-order valence-corrected chi connectivity index (χ3v) is 2.90. The number of nitrogens with one attached hydrogen (secondary N) is 1. The van der Waals surface area contributed by atoms with Crippen LogP contribution in [0.5, 0.6) is 0 Å². The van der Waals surface area contributed by atoms with Crippen LogP contribution < -0.4 is 5.32 Å². The first-order chi connectivity index (χ1) is 8.58. The predicted molar refractivity (Wildman–Crippen MR) is 73.6 cm³/mol. The molecule has 5 heteroatoms. The van der Waals surface area contributed by atoms with Crippen LogP contribution in [-0.4, -0.2) is 9.97 Å². The fourth-order valence-corrected chi connectivity index (χ4v) is 2.05. The number of rotatable bonds is 2. The average molecular weight is 303 g/mol. The van der Waals surface area contributed by atoms with Gasteiger partial charge in [0.1, 0.15) is 11.8 Å². The largest absolute Gasteiger partial charge is 0.324 e. The van der Waals surface area contributed by atoms with Gasteiger partial charge in [-0.25, -0.2) is 9.97 Å². The van der Waals surface area contributed by atoms with Crippen molar-refractivity contribution in [1.82, 2.24) is 9.97 Å². The van der Waals surface area contributed by atoms with Crippen LogP contribution in [-0.2, 0) is 0 Å². The van der Waals surface area contributed by atoms with Gasteiger partial charge in [0.25, 0.3) is 0 Å². The molecule has 0 amide bonds. The lowest BCUT2D eigenvalue weighted by Crippen LogP contribution is -2.01. The minimum Gasteiger partial charge on any atom is -0.324 e. The molecule has 0 aliphatic carbocycles. The van der Waals surface area contributed by atoms with Gasteiger partial charge < -0.3 is 5.32 Å². The maximum atomic E-state index is 8.87. The molecule has 0 saturated carbocycles. The Bertz CT molecular complexity index is 631. The van der Waals surface area contributed by atoms with Crippen LogP contribution in [0.2, 0.25) is 0 Å². The van der Waals surface area contributed by atoms with E-state index in [1.165, 1.54) is 0 Å². The zero-order chi connectivity index (χ0) is 13.1. The van der Waals surface area contributed by atoms with Gasteiger partial charge in [0.05, 0.1) is 0 Å². The van der Waals surface area contributed by atoms with Crippen molar-refractivity contribution < 1.29 is 0 Å². The van der Waals surface area contributed by atoms with E-state index in [0.717, 1.165) is 21.4 Å². The van der Waals surface area contributed by atoms with Crippen molar-refractivity contribution in [3.63, 3.8) is 0 Å². The van der Waals surface area contributed by atoms with Crippen molar-refractivity contribution >= 4 is 27.6 Å². The molecule has 0 atom stereocenters. The van der Waals surface area contributed by atoms with Crippen LogP contribution in [0.4, 0.5) is 11.6 Å². The van der Waals surface area contributed by atoms with E-state index < -0.39 is 0 Å². The molecule has 2 aromatic rings. The van der Waals surface area contributed by atoms with Crippen LogP contribution in [0.1, 0.15) is 17.0 Å². The van der Waals surface area contributed by atoms with Gasteiger partial charge in [-0.15, -0.1) is 0 Å². The fourth-order valence-electron chi connectivity index (χ4n) is 1.57. The molecule has 0 saturated heterocycles. The SMILES string of the molecule is Cc1cc(C#N)nc(Nc2ccc(Br)cc2C)n1. The molecule has 0 bridgehead atoms. The zero-order valence-electron chi connectivity index (χ0n) is 10.0. The minimum atomic E-state index is 0.361. The molecule has 1 heterocycles. The summed E-state index contributed by atoms with van der Waals surface area (Å²) >= 11 is 3.41. The fraction of sp³-hybridized carbons (Fsp3) is 0.154. The molecule has 1 aromatic carbocycles. The standard InChI is InChI=1S/C13H11BrN4/c1-8-5-10(14)3-4-12(8)18-13-16-9(2)6-11(7-15)17-13/h3-6H,1-2H3,(H,16,17,18). The van der Waals surface area contributed by atoms with Gasteiger partial charge in [0.2, 0.25) is 5.95 Å². The molecule has 18 heavy (non-hydrogen) atoms. The number of hydrogen-bond donors (Lipinski definition) is 1. The van der Waals surface area contributed by atoms with Crippen LogP contribution in [0.3, 0.4) is 0 Å². The number of nitriles is 1. The molecule has 0 aliphatic rings. The van der Waals surface area contributed by atoms with Crippen molar-refractivity contribution in [2.75, 3.05) is 5.32 Å². The summed E-state index contributed by atoms with van der Waals surface area (Å²) in [7, 11) is 0. The molecule has 0 unspecified atom stereocenters. The highest BCUT2D eigenvalue weighted by Crippen LogP contribution is 2.22. The van der Waals surface area contributed by atoms with Gasteiger partial charge in [-0.05, 0) is 43.7 Å². The lowest BCUT2D eigenvalue weighted by Gasteiger charge is -2.09. The van der Waals surface area contributed by atoms with E-state index in [0.29, 0.717) is 11.6 Å². The van der Waals surface area contributed by atoms with E-state index in [4.69, 9.17) is 5.26 Å². The van der Waals surface area contributed by atoms with Crippen molar-refractivity contribution in [3.8, 4) is 6.07 Å². The van der Waals surface area contributed by atoms with E-state index in [-0.39, 0.29) is 0 Å². The van der Waals surface area contributed by atoms with E-state index >= 15 is 0 Å². The Morgan fingerprint density at radius 3 is 2.67 bits per heavy atom. The normalized spacial score (nSPS) is 9.89. The van der Waals surface area contributed by atoms with Crippen molar-refractivity contribution in [2.45, 2.75) is 13.8 Å². The second kappa shape index (κ2) is 5.15. The number of aromatic nitrogens is 2. The summed E-state index contributed by atoms with van der Waals surface area (Å²) in [4.78, 5) is 8.37. The summed E-state index contributed by atoms with van der Waals surface area (Å²) in [6, 6.07) is 9.56. The number of anilines is 2. The van der Waals surface area contributed by atoms with Crippen LogP contribution in [0.15, 0.2) is 28.7 Å². The van der Waals surface area contributed by atoms with Gasteiger partial charge in [-0.1, -0.05) is 15.9 Å². The van der Waals surface area contributed by atoms with E-state index in [2.05, 4.69) is 31.2 Å². The minimum absolute atomic E-state index is 0.361. The topological polar surface area (TPSA) is 61.6 Å². The van der Waals surface area contributed by atoms with E-state index in [1.807, 2.05) is 38.1 Å². The van der Waals surface area contributed by atoms with Gasteiger partial charge in [0.15, 0.2) is 0 Å². The van der Waals surface area contributed by atoms with E-state index in [1.54, 1.807) is 6.07 Å². The van der Waals surface area contributed by atoms with Crippen molar-refractivity contribution in [3.05, 3.63) is 45.7 Å². The summed E-state index contributed by atoms with van der Waals surface area (Å²) in [5, 5.41) is 12.0. The highest BCUT2D eigenvalue weighted by molar-refractivity contribution is 9.10. The molecule has 2 rings (SSSR count). The predicted octanol–water partition coefficient (Wildman–Crippen LogP) is 3.47. The highest BCUT2D eigenvalue weighted by Gasteiger charge is 2.04. The molecule has 0 aliphatic heterocycles. The highest BCUT2D eigenvalue weighted by atomic mass is 79.9. The first-order valence-corrected chi connectivity index (χ1v) is 6.17. The van der Waals surface area contributed by atoms with Gasteiger partial charge >= 0.3 is 0 Å². The van der Waals surface area contributed by atoms with Crippen LogP contribution in [0.25, 0.3) is 0 Å². The Kier molecular flexibility index (Phi) is 3.58. The molecular formula is C13H11BrN4. The maximum absolute atomic E-state index is 8.87. The van der Waals surface area contributed by atoms with Gasteiger partial charge in [-0.2, -0.15) is 5.26 Å². The average Bonchev–Trinajstić information content (AvgIpc) is 2.32. The smallest absolute Gasteiger partial charge is 0.228 e. The monoisotopic (exact) mass is 302 g/mol. The number of halogens is 1. The third kappa shape index (κ3) is 2.84. The summed E-state index contributed by atoms with van der Waals surface area (Å²) in [6.45, 7) is 3.83. The molecular weight excluding hydrogens is 292 g/mol. The first kappa shape index (κ1) is 12.5. The summed E-state index contributed by atoms with van der Waals surface area (Å²) < 4.78 is 1.02. The van der Waals surface area contributed by atoms with Gasteiger partial charge in [-0.3, -0.25) is 0 Å². The molecule has 0 fully saturated rings. The number of aryl methyl sites for hydroxylation is 2. The third-order valence-electron chi connectivity index (χ3n) is 2.40. The number of nitrogens with zero attached hydrogens (tertiary/aromatic N) is 3. The number of benzene rings is 1. The Balaban J connectivity index is 2.34. The van der Waals surface area contributed by atoms with Crippen LogP contribution in [0, 0.1) is 25.2 Å². The molecule has 1 aromatic heterocycles. The van der Waals surface area contributed by atoms with E-state index in [9.17, 15) is 0 Å². The molecule has 0 spiro atoms. The molecule has 4 nitrogen and oxygen atoms in total. The lowest BCUT2D eigenvalue weighted by molar-refractivity contribution is 1.08. The Morgan fingerprint density at radius 1 is 1.22 bits per heavy atom. The Labute approximate surface area is 114 Å². The second-order valence-corrected chi connectivity index (χ2v) is 4.83. The van der Waals surface area contributed by atoms with Crippen molar-refractivity contribution in [1.29, 1.82) is 5.26 Å². The summed E-state index contributed by atoms with van der Waals surface area (Å²) in [5.41, 5.74) is 3.12. The lowest BCUT2D eigenvalue weighted by atomic mass is 10.2. The Morgan fingerprint density at radius 2 is 2.00 bits per heavy atom. The quantitative estimate of drug-likeness (QED) is 0.922. The summed E-state index contributed by atoms with van der Waals surface area (Å²) in [5.74, 6) is 0.442. The molecule has 1 N–H and O–H groups in total. The maximum Gasteiger partial charge on any atom is 0.228 e. The zero-order valence-corrected chi connectivity index (χ0v) is 11.6. The van der Waals surface area contributed by atoms with Crippen molar-refractivity contribution in [2.24, 2.45) is 0 Å². The summed E-state index contributed by atoms with van der Waals surface area (Å²) in [6.07, 6.45) is 0. The first-order valence-electron chi connectivity index (χ1n) is 5.37. The Hall–Kier alpha value is -1.93. The number of hydrogen-bond acceptors (Lipinski definition) is 4. The second-order valence-electron chi connectivity index (χ2n) is 3.91. The molecule has 0 radical (unpaired) electrons. The van der Waals surface area contributed by atoms with Gasteiger partial charge in [0, 0.05) is 15.9 Å². The van der Waals surface area contributed by atoms with Crippen LogP contribution >= 0.6 is 15.9 Å².